The molecule has 1 aromatic heterocycles. The van der Waals surface area contributed by atoms with Gasteiger partial charge in [-0.05, 0) is 30.3 Å². The molecule has 8 heteroatoms. The number of carbonyl (C=O) groups excluding carboxylic acids is 1. The van der Waals surface area contributed by atoms with Crippen LogP contribution in [0.25, 0.3) is 11.5 Å². The maximum Gasteiger partial charge on any atom is 0.311 e. The molecule has 1 saturated heterocycles. The summed E-state index contributed by atoms with van der Waals surface area (Å²) in [6, 6.07) is 15.2. The molecule has 1 fully saturated rings. The molecule has 1 amide bonds. The molecule has 8 nitrogen and oxygen atoms in total. The second-order valence-corrected chi connectivity index (χ2v) is 6.60. The highest BCUT2D eigenvalue weighted by atomic mass is 16.5. The molecular weight excluding hydrogens is 372 g/mol. The molecule has 0 saturated carbocycles. The number of benzene rings is 2. The quantitative estimate of drug-likeness (QED) is 0.658. The van der Waals surface area contributed by atoms with Crippen LogP contribution in [0.5, 0.6) is 11.5 Å². The largest absolute Gasteiger partial charge is 0.497 e. The summed E-state index contributed by atoms with van der Waals surface area (Å²) < 4.78 is 16.3. The standard InChI is InChI=1S/C21H22N4O4/c1-27-16-7-5-6-15(14-16)19-22-23-20(29-19)21(26)25-12-10-24(11-13-25)17-8-3-4-9-18(17)28-2/h3-9,14H,10-13H2,1-2H3. The van der Waals surface area contributed by atoms with Gasteiger partial charge in [0, 0.05) is 31.7 Å². The van der Waals surface area contributed by atoms with E-state index in [2.05, 4.69) is 15.1 Å². The van der Waals surface area contributed by atoms with Crippen molar-refractivity contribution >= 4 is 11.6 Å². The maximum absolute atomic E-state index is 12.8. The Hall–Kier alpha value is -3.55. The van der Waals surface area contributed by atoms with Crippen molar-refractivity contribution in [3.05, 3.63) is 54.4 Å². The highest BCUT2D eigenvalue weighted by Crippen LogP contribution is 2.28. The number of para-hydroxylation sites is 2. The molecule has 4 rings (SSSR count). The van der Waals surface area contributed by atoms with E-state index >= 15 is 0 Å². The zero-order valence-electron chi connectivity index (χ0n) is 16.4. The zero-order chi connectivity index (χ0) is 20.2. The SMILES string of the molecule is COc1cccc(-c2nnc(C(=O)N3CCN(c4ccccc4OC)CC3)o2)c1. The van der Waals surface area contributed by atoms with Crippen molar-refractivity contribution in [2.45, 2.75) is 0 Å². The average molecular weight is 394 g/mol. The summed E-state index contributed by atoms with van der Waals surface area (Å²) in [4.78, 5) is 16.7. The first kappa shape index (κ1) is 18.8. The Morgan fingerprint density at radius 2 is 1.76 bits per heavy atom. The molecule has 0 bridgehead atoms. The second-order valence-electron chi connectivity index (χ2n) is 6.60. The molecule has 1 aliphatic heterocycles. The van der Waals surface area contributed by atoms with Gasteiger partial charge in [0.05, 0.1) is 19.9 Å². The van der Waals surface area contributed by atoms with Crippen LogP contribution in [0.4, 0.5) is 5.69 Å². The minimum atomic E-state index is -0.258. The number of hydrogen-bond donors (Lipinski definition) is 0. The average Bonchev–Trinajstić information content (AvgIpc) is 3.29. The number of methoxy groups -OCH3 is 2. The molecule has 2 aromatic carbocycles. The molecule has 2 heterocycles. The van der Waals surface area contributed by atoms with Crippen molar-refractivity contribution in [2.24, 2.45) is 0 Å². The Morgan fingerprint density at radius 1 is 0.966 bits per heavy atom. The highest BCUT2D eigenvalue weighted by Gasteiger charge is 2.27. The Kier molecular flexibility index (Phi) is 5.33. The van der Waals surface area contributed by atoms with Crippen molar-refractivity contribution < 1.29 is 18.7 Å². The number of rotatable bonds is 5. The van der Waals surface area contributed by atoms with Gasteiger partial charge in [-0.1, -0.05) is 18.2 Å². The Labute approximate surface area is 168 Å². The van der Waals surface area contributed by atoms with E-state index in [-0.39, 0.29) is 11.8 Å². The molecule has 1 aliphatic rings. The highest BCUT2D eigenvalue weighted by molar-refractivity contribution is 5.90. The summed E-state index contributed by atoms with van der Waals surface area (Å²) in [5.41, 5.74) is 1.73. The molecule has 0 N–H and O–H groups in total. The number of aromatic nitrogens is 2. The fraction of sp³-hybridized carbons (Fsp3) is 0.286. The smallest absolute Gasteiger partial charge is 0.311 e. The molecule has 3 aromatic rings. The van der Waals surface area contributed by atoms with E-state index in [1.54, 1.807) is 25.2 Å². The number of piperazine rings is 1. The van der Waals surface area contributed by atoms with Gasteiger partial charge in [-0.15, -0.1) is 10.2 Å². The summed E-state index contributed by atoms with van der Waals surface area (Å²) in [5.74, 6) is 1.54. The van der Waals surface area contributed by atoms with Crippen LogP contribution in [0.15, 0.2) is 52.9 Å². The number of nitrogens with zero attached hydrogens (tertiary/aromatic N) is 4. The topological polar surface area (TPSA) is 80.9 Å². The molecule has 0 radical (unpaired) electrons. The summed E-state index contributed by atoms with van der Waals surface area (Å²) in [5, 5.41) is 7.96. The maximum atomic E-state index is 12.8. The summed E-state index contributed by atoms with van der Waals surface area (Å²) >= 11 is 0. The van der Waals surface area contributed by atoms with Crippen LogP contribution in [-0.2, 0) is 0 Å². The fourth-order valence-corrected chi connectivity index (χ4v) is 3.36. The van der Waals surface area contributed by atoms with Crippen LogP contribution in [-0.4, -0.2) is 61.4 Å². The van der Waals surface area contributed by atoms with Gasteiger partial charge in [0.25, 0.3) is 0 Å². The first-order chi connectivity index (χ1) is 14.2. The molecule has 0 spiro atoms. The van der Waals surface area contributed by atoms with Gasteiger partial charge in [-0.3, -0.25) is 4.79 Å². The third kappa shape index (κ3) is 3.87. The molecule has 150 valence electrons. The van der Waals surface area contributed by atoms with E-state index in [0.29, 0.717) is 43.4 Å². The first-order valence-electron chi connectivity index (χ1n) is 9.35. The lowest BCUT2D eigenvalue weighted by atomic mass is 10.2. The van der Waals surface area contributed by atoms with Gasteiger partial charge in [-0.2, -0.15) is 0 Å². The van der Waals surface area contributed by atoms with Crippen molar-refractivity contribution in [1.29, 1.82) is 0 Å². The first-order valence-corrected chi connectivity index (χ1v) is 9.35. The van der Waals surface area contributed by atoms with Crippen LogP contribution < -0.4 is 14.4 Å². The number of ether oxygens (including phenoxy) is 2. The van der Waals surface area contributed by atoms with Crippen molar-refractivity contribution in [1.82, 2.24) is 15.1 Å². The van der Waals surface area contributed by atoms with Crippen molar-refractivity contribution in [2.75, 3.05) is 45.3 Å². The van der Waals surface area contributed by atoms with E-state index in [1.165, 1.54) is 0 Å². The predicted molar refractivity (Wildman–Crippen MR) is 107 cm³/mol. The number of hydrogen-bond acceptors (Lipinski definition) is 7. The van der Waals surface area contributed by atoms with Gasteiger partial charge >= 0.3 is 11.8 Å². The molecular formula is C21H22N4O4. The van der Waals surface area contributed by atoms with E-state index in [9.17, 15) is 4.79 Å². The lowest BCUT2D eigenvalue weighted by Gasteiger charge is -2.36. The normalized spacial score (nSPS) is 14.0. The lowest BCUT2D eigenvalue weighted by molar-refractivity contribution is 0.0707. The van der Waals surface area contributed by atoms with Crippen molar-refractivity contribution in [3.8, 4) is 23.0 Å². The zero-order valence-corrected chi connectivity index (χ0v) is 16.4. The van der Waals surface area contributed by atoms with Crippen molar-refractivity contribution in [3.63, 3.8) is 0 Å². The lowest BCUT2D eigenvalue weighted by Crippen LogP contribution is -2.49. The minimum Gasteiger partial charge on any atom is -0.497 e. The molecule has 0 unspecified atom stereocenters. The van der Waals surface area contributed by atoms with E-state index in [4.69, 9.17) is 13.9 Å². The second kappa shape index (κ2) is 8.22. The Morgan fingerprint density at radius 3 is 2.52 bits per heavy atom. The van der Waals surface area contributed by atoms with E-state index < -0.39 is 0 Å². The summed E-state index contributed by atoms with van der Waals surface area (Å²) in [6.45, 7) is 2.52. The van der Waals surface area contributed by atoms with Crippen LogP contribution >= 0.6 is 0 Å². The molecule has 0 atom stereocenters. The van der Waals surface area contributed by atoms with Gasteiger partial charge < -0.3 is 23.7 Å². The molecule has 0 aliphatic carbocycles. The van der Waals surface area contributed by atoms with Gasteiger partial charge in [-0.25, -0.2) is 0 Å². The van der Waals surface area contributed by atoms with Gasteiger partial charge in [0.2, 0.25) is 5.89 Å². The Balaban J connectivity index is 1.43. The van der Waals surface area contributed by atoms with Crippen LogP contribution in [0.2, 0.25) is 0 Å². The van der Waals surface area contributed by atoms with Gasteiger partial charge in [0.1, 0.15) is 11.5 Å². The van der Waals surface area contributed by atoms with E-state index in [1.807, 2.05) is 42.5 Å². The van der Waals surface area contributed by atoms with Crippen LogP contribution in [0.3, 0.4) is 0 Å². The van der Waals surface area contributed by atoms with Crippen LogP contribution in [0, 0.1) is 0 Å². The Bertz CT molecular complexity index is 996. The number of amides is 1. The molecule has 29 heavy (non-hydrogen) atoms. The van der Waals surface area contributed by atoms with E-state index in [0.717, 1.165) is 11.4 Å². The summed E-state index contributed by atoms with van der Waals surface area (Å²) in [7, 11) is 3.25. The van der Waals surface area contributed by atoms with Crippen LogP contribution in [0.1, 0.15) is 10.7 Å². The third-order valence-corrected chi connectivity index (χ3v) is 4.92. The predicted octanol–water partition coefficient (Wildman–Crippen LogP) is 2.72. The number of carbonyl (C=O) groups is 1. The monoisotopic (exact) mass is 394 g/mol. The van der Waals surface area contributed by atoms with Gasteiger partial charge in [0.15, 0.2) is 0 Å². The fourth-order valence-electron chi connectivity index (χ4n) is 3.36. The third-order valence-electron chi connectivity index (χ3n) is 4.92. The minimum absolute atomic E-state index is 0.00596. The number of anilines is 1. The summed E-state index contributed by atoms with van der Waals surface area (Å²) in [6.07, 6.45) is 0.